The molecule has 2 heterocycles. The monoisotopic (exact) mass is 548 g/mol. The van der Waals surface area contributed by atoms with Gasteiger partial charge < -0.3 is 48.2 Å². The van der Waals surface area contributed by atoms with E-state index in [1.165, 1.54) is 25.0 Å². The van der Waals surface area contributed by atoms with E-state index in [-0.39, 0.29) is 32.1 Å². The molecule has 0 aliphatic carbocycles. The fourth-order valence-corrected chi connectivity index (χ4v) is 3.68. The Hall–Kier alpha value is -4.31. The minimum atomic E-state index is -1.41. The number of rotatable bonds is 18. The number of hydrogen-bond donors (Lipinski definition) is 9. The molecule has 4 amide bonds. The molecule has 4 unspecified atom stereocenters. The molecule has 2 aromatic rings. The molecule has 0 spiro atoms. The first kappa shape index (κ1) is 30.9. The molecular formula is C23H36N10O6. The highest BCUT2D eigenvalue weighted by atomic mass is 16.4. The van der Waals surface area contributed by atoms with Crippen LogP contribution in [0.3, 0.4) is 0 Å². The van der Waals surface area contributed by atoms with Crippen LogP contribution in [0.25, 0.3) is 0 Å². The van der Waals surface area contributed by atoms with E-state index in [0.717, 1.165) is 0 Å². The second-order valence-corrected chi connectivity index (χ2v) is 8.98. The van der Waals surface area contributed by atoms with Crippen LogP contribution in [0, 0.1) is 0 Å². The molecule has 4 atom stereocenters. The van der Waals surface area contributed by atoms with Crippen molar-refractivity contribution < 1.29 is 29.1 Å². The molecule has 0 saturated carbocycles. The zero-order valence-electron chi connectivity index (χ0n) is 21.4. The van der Waals surface area contributed by atoms with E-state index >= 15 is 0 Å². The Balaban J connectivity index is 2.16. The van der Waals surface area contributed by atoms with Gasteiger partial charge in [0.05, 0.1) is 18.7 Å². The minimum absolute atomic E-state index is 0.0530. The highest BCUT2D eigenvalue weighted by Gasteiger charge is 2.31. The van der Waals surface area contributed by atoms with Gasteiger partial charge in [-0.05, 0) is 32.2 Å². The third-order valence-electron chi connectivity index (χ3n) is 5.82. The topological polar surface area (TPSA) is 277 Å². The minimum Gasteiger partial charge on any atom is -0.480 e. The van der Waals surface area contributed by atoms with Gasteiger partial charge in [-0.2, -0.15) is 0 Å². The Labute approximate surface area is 224 Å². The van der Waals surface area contributed by atoms with E-state index in [2.05, 4.69) is 35.9 Å². The van der Waals surface area contributed by atoms with Crippen molar-refractivity contribution in [1.29, 1.82) is 0 Å². The molecule has 0 bridgehead atoms. The van der Waals surface area contributed by atoms with Crippen molar-refractivity contribution in [1.82, 2.24) is 35.9 Å². The Morgan fingerprint density at radius 2 is 1.38 bits per heavy atom. The van der Waals surface area contributed by atoms with Crippen molar-refractivity contribution in [3.05, 3.63) is 36.4 Å². The third-order valence-corrected chi connectivity index (χ3v) is 5.82. The van der Waals surface area contributed by atoms with Crippen LogP contribution in [0.5, 0.6) is 0 Å². The van der Waals surface area contributed by atoms with E-state index < -0.39 is 53.8 Å². The Bertz CT molecular complexity index is 1080. The first-order chi connectivity index (χ1) is 18.6. The van der Waals surface area contributed by atoms with Gasteiger partial charge in [-0.1, -0.05) is 0 Å². The van der Waals surface area contributed by atoms with Crippen molar-refractivity contribution >= 4 is 29.6 Å². The summed E-state index contributed by atoms with van der Waals surface area (Å²) in [4.78, 5) is 75.3. The lowest BCUT2D eigenvalue weighted by Crippen LogP contribution is -2.57. The number of nitrogens with two attached hydrogens (primary N) is 3. The van der Waals surface area contributed by atoms with Crippen molar-refractivity contribution in [2.24, 2.45) is 17.2 Å². The summed E-state index contributed by atoms with van der Waals surface area (Å²) in [6.45, 7) is 0.383. The highest BCUT2D eigenvalue weighted by Crippen LogP contribution is 2.07. The lowest BCUT2D eigenvalue weighted by atomic mass is 10.0. The molecule has 0 aliphatic rings. The van der Waals surface area contributed by atoms with Gasteiger partial charge >= 0.3 is 5.97 Å². The van der Waals surface area contributed by atoms with Gasteiger partial charge in [0.1, 0.15) is 18.1 Å². The number of carbonyl (C=O) groups excluding carboxylic acids is 4. The molecule has 12 N–H and O–H groups in total. The maximum absolute atomic E-state index is 13.3. The van der Waals surface area contributed by atoms with Crippen LogP contribution in [-0.4, -0.2) is 85.4 Å². The lowest BCUT2D eigenvalue weighted by molar-refractivity contribution is -0.142. The second kappa shape index (κ2) is 15.8. The van der Waals surface area contributed by atoms with Crippen LogP contribution >= 0.6 is 0 Å². The summed E-state index contributed by atoms with van der Waals surface area (Å²) in [5, 5.41) is 17.0. The van der Waals surface area contributed by atoms with Gasteiger partial charge in [0.25, 0.3) is 0 Å². The number of primary amides is 1. The average molecular weight is 549 g/mol. The van der Waals surface area contributed by atoms with Crippen molar-refractivity contribution in [2.75, 3.05) is 6.54 Å². The molecule has 16 heteroatoms. The number of nitrogens with zero attached hydrogens (tertiary/aromatic N) is 2. The molecule has 0 fully saturated rings. The smallest absolute Gasteiger partial charge is 0.326 e. The highest BCUT2D eigenvalue weighted by molar-refractivity contribution is 5.94. The standard InChI is InChI=1S/C23H36N10O6/c24-6-2-1-3-16(31-20(35)15(25)7-13-9-27-11-29-13)21(36)33-18(8-14-10-28-12-30-14)22(37)32-17(23(38)39)4-5-19(26)34/h9-12,15-18H,1-8,24-25H2,(H2,26,34)(H,27,29)(H,28,30)(H,31,35)(H,32,37)(H,33,36)(H,38,39). The quantitative estimate of drug-likeness (QED) is 0.0861. The summed E-state index contributed by atoms with van der Waals surface area (Å²) < 4.78 is 0. The second-order valence-electron chi connectivity index (χ2n) is 8.98. The fourth-order valence-electron chi connectivity index (χ4n) is 3.68. The molecule has 39 heavy (non-hydrogen) atoms. The number of carboxylic acids is 1. The number of imidazole rings is 2. The number of carboxylic acid groups (broad SMARTS) is 1. The molecule has 0 saturated heterocycles. The molecule has 0 radical (unpaired) electrons. The van der Waals surface area contributed by atoms with Gasteiger partial charge in [-0.3, -0.25) is 19.2 Å². The summed E-state index contributed by atoms with van der Waals surface area (Å²) in [6.07, 6.45) is 6.77. The number of carbonyl (C=O) groups is 5. The Morgan fingerprint density at radius 3 is 1.92 bits per heavy atom. The molecular weight excluding hydrogens is 512 g/mol. The van der Waals surface area contributed by atoms with Crippen molar-refractivity contribution in [3.63, 3.8) is 0 Å². The van der Waals surface area contributed by atoms with Gasteiger partial charge in [0.15, 0.2) is 0 Å². The SMILES string of the molecule is NCCCCC(NC(=O)C(N)Cc1cnc[nH]1)C(=O)NC(Cc1cnc[nH]1)C(=O)NC(CCC(N)=O)C(=O)O. The average Bonchev–Trinajstić information content (AvgIpc) is 3.59. The van der Waals surface area contributed by atoms with Crippen LogP contribution < -0.4 is 33.2 Å². The summed E-state index contributed by atoms with van der Waals surface area (Å²) in [7, 11) is 0. The number of amides is 4. The van der Waals surface area contributed by atoms with E-state index in [1.807, 2.05) is 0 Å². The number of unbranched alkanes of at least 4 members (excludes halogenated alkanes) is 1. The number of hydrogen-bond acceptors (Lipinski definition) is 9. The number of aliphatic carboxylic acids is 1. The summed E-state index contributed by atoms with van der Waals surface area (Å²) in [5.41, 5.74) is 17.8. The van der Waals surface area contributed by atoms with Crippen LogP contribution in [0.2, 0.25) is 0 Å². The van der Waals surface area contributed by atoms with E-state index in [1.54, 1.807) is 0 Å². The largest absolute Gasteiger partial charge is 0.480 e. The third kappa shape index (κ3) is 10.9. The van der Waals surface area contributed by atoms with E-state index in [9.17, 15) is 29.1 Å². The van der Waals surface area contributed by atoms with Crippen molar-refractivity contribution in [3.8, 4) is 0 Å². The predicted molar refractivity (Wildman–Crippen MR) is 137 cm³/mol. The number of nitrogens with one attached hydrogen (secondary N) is 5. The molecule has 2 aromatic heterocycles. The molecule has 214 valence electrons. The summed E-state index contributed by atoms with van der Waals surface area (Å²) in [6, 6.07) is -4.66. The summed E-state index contributed by atoms with van der Waals surface area (Å²) in [5.74, 6) is -4.14. The van der Waals surface area contributed by atoms with Gasteiger partial charge in [0, 0.05) is 43.0 Å². The first-order valence-electron chi connectivity index (χ1n) is 12.4. The van der Waals surface area contributed by atoms with E-state index in [4.69, 9.17) is 17.2 Å². The zero-order chi connectivity index (χ0) is 28.8. The maximum atomic E-state index is 13.3. The first-order valence-corrected chi connectivity index (χ1v) is 12.4. The number of H-pyrrole nitrogens is 2. The fraction of sp³-hybridized carbons (Fsp3) is 0.522. The number of aromatic amines is 2. The Kier molecular flexibility index (Phi) is 12.5. The normalized spacial score (nSPS) is 14.0. The van der Waals surface area contributed by atoms with E-state index in [0.29, 0.717) is 30.8 Å². The van der Waals surface area contributed by atoms with Crippen LogP contribution in [0.15, 0.2) is 25.0 Å². The molecule has 16 nitrogen and oxygen atoms in total. The molecule has 0 aliphatic heterocycles. The number of aromatic nitrogens is 4. The van der Waals surface area contributed by atoms with Gasteiger partial charge in [0.2, 0.25) is 23.6 Å². The van der Waals surface area contributed by atoms with Gasteiger partial charge in [-0.25, -0.2) is 14.8 Å². The predicted octanol–water partition coefficient (Wildman–Crippen LogP) is -2.82. The Morgan fingerprint density at radius 1 is 0.821 bits per heavy atom. The summed E-state index contributed by atoms with van der Waals surface area (Å²) >= 11 is 0. The van der Waals surface area contributed by atoms with Crippen LogP contribution in [0.4, 0.5) is 0 Å². The van der Waals surface area contributed by atoms with Crippen molar-refractivity contribution in [2.45, 2.75) is 69.1 Å². The molecule has 2 rings (SSSR count). The lowest BCUT2D eigenvalue weighted by Gasteiger charge is -2.25. The van der Waals surface area contributed by atoms with Crippen LogP contribution in [-0.2, 0) is 36.8 Å². The van der Waals surface area contributed by atoms with Crippen LogP contribution in [0.1, 0.15) is 43.5 Å². The molecule has 0 aromatic carbocycles. The van der Waals surface area contributed by atoms with Gasteiger partial charge in [-0.15, -0.1) is 0 Å². The maximum Gasteiger partial charge on any atom is 0.326 e. The zero-order valence-corrected chi connectivity index (χ0v) is 21.4.